The number of hydrogen-bond donors (Lipinski definition) is 2. The van der Waals surface area contributed by atoms with Gasteiger partial charge in [-0.15, -0.1) is 0 Å². The predicted molar refractivity (Wildman–Crippen MR) is 116 cm³/mol. The third kappa shape index (κ3) is 5.32. The van der Waals surface area contributed by atoms with Gasteiger partial charge in [0, 0.05) is 30.4 Å². The van der Waals surface area contributed by atoms with E-state index >= 15 is 0 Å². The minimum Gasteiger partial charge on any atom is -0.496 e. The molecule has 5 nitrogen and oxygen atoms in total. The van der Waals surface area contributed by atoms with Crippen LogP contribution in [0.1, 0.15) is 44.2 Å². The minimum atomic E-state index is 0.290. The zero-order valence-corrected chi connectivity index (χ0v) is 17.8. The summed E-state index contributed by atoms with van der Waals surface area (Å²) in [4.78, 5) is 7.01. The number of rotatable bonds is 7. The Kier molecular flexibility index (Phi) is 7.30. The van der Waals surface area contributed by atoms with Gasteiger partial charge in [0.25, 0.3) is 0 Å². The van der Waals surface area contributed by atoms with Gasteiger partial charge >= 0.3 is 0 Å². The van der Waals surface area contributed by atoms with Crippen LogP contribution >= 0.6 is 11.8 Å². The van der Waals surface area contributed by atoms with Gasteiger partial charge < -0.3 is 15.4 Å². The number of aliphatic imine (C=N–C) groups is 1. The van der Waals surface area contributed by atoms with E-state index in [1.165, 1.54) is 37.0 Å². The highest BCUT2D eigenvalue weighted by Crippen LogP contribution is 2.37. The molecule has 2 atom stereocenters. The fourth-order valence-corrected chi connectivity index (χ4v) is 5.34. The maximum absolute atomic E-state index is 5.64. The molecule has 0 saturated carbocycles. The lowest BCUT2D eigenvalue weighted by Gasteiger charge is -2.30. The summed E-state index contributed by atoms with van der Waals surface area (Å²) in [5.41, 5.74) is 1.25. The van der Waals surface area contributed by atoms with E-state index in [9.17, 15) is 0 Å². The number of likely N-dealkylation sites (tertiary alicyclic amines) is 1. The third-order valence-electron chi connectivity index (χ3n) is 5.70. The van der Waals surface area contributed by atoms with Crippen molar-refractivity contribution in [3.8, 4) is 5.75 Å². The molecule has 2 N–H and O–H groups in total. The number of methoxy groups -OCH3 is 1. The summed E-state index contributed by atoms with van der Waals surface area (Å²) >= 11 is 2.07. The zero-order chi connectivity index (χ0) is 19.1. The Bertz CT molecular complexity index is 624. The molecular weight excluding hydrogens is 356 g/mol. The van der Waals surface area contributed by atoms with Gasteiger partial charge in [-0.3, -0.25) is 9.89 Å². The van der Waals surface area contributed by atoms with Gasteiger partial charge in [0.15, 0.2) is 5.96 Å². The average Bonchev–Trinajstić information content (AvgIpc) is 3.37. The predicted octanol–water partition coefficient (Wildman–Crippen LogP) is 3.28. The van der Waals surface area contributed by atoms with Crippen molar-refractivity contribution in [3.05, 3.63) is 29.8 Å². The number of para-hydroxylation sites is 1. The Balaban J connectivity index is 1.64. The summed E-state index contributed by atoms with van der Waals surface area (Å²) in [6.07, 6.45) is 5.14. The molecule has 0 amide bonds. The Morgan fingerprint density at radius 3 is 2.70 bits per heavy atom. The standard InChI is InChI=1S/C21H34N4OS/c1-21(11-8-14-27-21)16-24-20(22-2)23-15-18(25-12-6-7-13-25)17-9-4-5-10-19(17)26-3/h4-5,9-10,18H,6-8,11-16H2,1-3H3,(H2,22,23,24). The summed E-state index contributed by atoms with van der Waals surface area (Å²) in [6.45, 7) is 6.42. The van der Waals surface area contributed by atoms with Gasteiger partial charge in [0.2, 0.25) is 0 Å². The smallest absolute Gasteiger partial charge is 0.191 e. The van der Waals surface area contributed by atoms with Crippen LogP contribution in [0.15, 0.2) is 29.3 Å². The van der Waals surface area contributed by atoms with E-state index in [0.29, 0.717) is 10.8 Å². The number of nitrogens with zero attached hydrogens (tertiary/aromatic N) is 2. The number of benzene rings is 1. The van der Waals surface area contributed by atoms with Crippen LogP contribution < -0.4 is 15.4 Å². The molecule has 0 bridgehead atoms. The first-order valence-corrected chi connectivity index (χ1v) is 11.1. The van der Waals surface area contributed by atoms with Crippen molar-refractivity contribution in [2.75, 3.05) is 46.1 Å². The molecule has 0 spiro atoms. The van der Waals surface area contributed by atoms with Crippen LogP contribution in [0.4, 0.5) is 0 Å². The van der Waals surface area contributed by atoms with Crippen LogP contribution in [0, 0.1) is 0 Å². The molecule has 1 aromatic rings. The average molecular weight is 391 g/mol. The zero-order valence-electron chi connectivity index (χ0n) is 17.0. The lowest BCUT2D eigenvalue weighted by molar-refractivity contribution is 0.239. The number of nitrogens with one attached hydrogen (secondary N) is 2. The second kappa shape index (κ2) is 9.69. The molecule has 150 valence electrons. The maximum Gasteiger partial charge on any atom is 0.191 e. The van der Waals surface area contributed by atoms with Crippen LogP contribution in [-0.4, -0.2) is 61.7 Å². The molecule has 6 heteroatoms. The Morgan fingerprint density at radius 2 is 2.04 bits per heavy atom. The van der Waals surface area contributed by atoms with Gasteiger partial charge in [0.1, 0.15) is 5.75 Å². The lowest BCUT2D eigenvalue weighted by Crippen LogP contribution is -2.46. The number of thioether (sulfide) groups is 1. The summed E-state index contributed by atoms with van der Waals surface area (Å²) < 4.78 is 5.97. The molecule has 2 aliphatic rings. The van der Waals surface area contributed by atoms with Gasteiger partial charge in [0.05, 0.1) is 13.2 Å². The summed E-state index contributed by atoms with van der Waals surface area (Å²) in [5.74, 6) is 3.13. The van der Waals surface area contributed by atoms with E-state index in [1.807, 2.05) is 13.1 Å². The molecule has 1 aromatic carbocycles. The molecule has 3 rings (SSSR count). The van der Waals surface area contributed by atoms with Gasteiger partial charge in [-0.2, -0.15) is 11.8 Å². The van der Waals surface area contributed by atoms with Crippen LogP contribution in [0.3, 0.4) is 0 Å². The van der Waals surface area contributed by atoms with Gasteiger partial charge in [-0.05, 0) is 57.5 Å². The highest BCUT2D eigenvalue weighted by atomic mass is 32.2. The van der Waals surface area contributed by atoms with E-state index in [1.54, 1.807) is 7.11 Å². The molecule has 0 aliphatic carbocycles. The number of hydrogen-bond acceptors (Lipinski definition) is 4. The van der Waals surface area contributed by atoms with Crippen molar-refractivity contribution in [1.82, 2.24) is 15.5 Å². The fourth-order valence-electron chi connectivity index (χ4n) is 4.09. The fraction of sp³-hybridized carbons (Fsp3) is 0.667. The largest absolute Gasteiger partial charge is 0.496 e. The van der Waals surface area contributed by atoms with Crippen molar-refractivity contribution in [3.63, 3.8) is 0 Å². The SMILES string of the molecule is CN=C(NCC(c1ccccc1OC)N1CCCC1)NCC1(C)CCCS1. The third-order valence-corrected chi connectivity index (χ3v) is 7.23. The first-order chi connectivity index (χ1) is 13.1. The second-order valence-corrected chi connectivity index (χ2v) is 9.39. The normalized spacial score (nSPS) is 24.8. The molecule has 2 saturated heterocycles. The molecule has 0 radical (unpaired) electrons. The second-order valence-electron chi connectivity index (χ2n) is 7.71. The van der Waals surface area contributed by atoms with Crippen molar-refractivity contribution >= 4 is 17.7 Å². The maximum atomic E-state index is 5.64. The van der Waals surface area contributed by atoms with Gasteiger partial charge in [-0.1, -0.05) is 18.2 Å². The van der Waals surface area contributed by atoms with Gasteiger partial charge in [-0.25, -0.2) is 0 Å². The Morgan fingerprint density at radius 1 is 1.26 bits per heavy atom. The quantitative estimate of drug-likeness (QED) is 0.553. The van der Waals surface area contributed by atoms with E-state index in [-0.39, 0.29) is 0 Å². The van der Waals surface area contributed by atoms with E-state index < -0.39 is 0 Å². The van der Waals surface area contributed by atoms with E-state index in [0.717, 1.165) is 37.9 Å². The molecule has 2 heterocycles. The number of guanidine groups is 1. The number of ether oxygens (including phenoxy) is 1. The van der Waals surface area contributed by atoms with Crippen LogP contribution in [0.2, 0.25) is 0 Å². The van der Waals surface area contributed by atoms with Crippen LogP contribution in [0.25, 0.3) is 0 Å². The monoisotopic (exact) mass is 390 g/mol. The van der Waals surface area contributed by atoms with Crippen LogP contribution in [-0.2, 0) is 0 Å². The minimum absolute atomic E-state index is 0.290. The molecule has 2 fully saturated rings. The molecule has 0 aromatic heterocycles. The summed E-state index contributed by atoms with van der Waals surface area (Å²) in [5, 5.41) is 7.12. The van der Waals surface area contributed by atoms with E-state index in [2.05, 4.69) is 57.4 Å². The van der Waals surface area contributed by atoms with E-state index in [4.69, 9.17) is 4.74 Å². The van der Waals surface area contributed by atoms with Crippen LogP contribution in [0.5, 0.6) is 5.75 Å². The lowest BCUT2D eigenvalue weighted by atomic mass is 10.0. The van der Waals surface area contributed by atoms with Crippen molar-refractivity contribution in [1.29, 1.82) is 0 Å². The summed E-state index contributed by atoms with van der Waals surface area (Å²) in [6, 6.07) is 8.68. The summed E-state index contributed by atoms with van der Waals surface area (Å²) in [7, 11) is 3.61. The van der Waals surface area contributed by atoms with Crippen molar-refractivity contribution in [2.24, 2.45) is 4.99 Å². The highest BCUT2D eigenvalue weighted by molar-refractivity contribution is 8.00. The van der Waals surface area contributed by atoms with Crippen molar-refractivity contribution < 1.29 is 4.74 Å². The molecule has 2 unspecified atom stereocenters. The first kappa shape index (κ1) is 20.3. The molecule has 2 aliphatic heterocycles. The van der Waals surface area contributed by atoms with Crippen molar-refractivity contribution in [2.45, 2.75) is 43.4 Å². The highest BCUT2D eigenvalue weighted by Gasteiger charge is 2.30. The molecule has 27 heavy (non-hydrogen) atoms. The Hall–Kier alpha value is -1.40. The topological polar surface area (TPSA) is 48.9 Å². The molecular formula is C21H34N4OS. The first-order valence-electron chi connectivity index (χ1n) is 10.1. The Labute approximate surface area is 168 Å².